The lowest BCUT2D eigenvalue weighted by atomic mass is 9.89. The van der Waals surface area contributed by atoms with E-state index in [-0.39, 0.29) is 6.79 Å². The number of primary amides is 1. The number of fused-ring (bicyclic) bond motifs is 4. The number of benzene rings is 1. The molecule has 0 bridgehead atoms. The fourth-order valence-corrected chi connectivity index (χ4v) is 5.00. The van der Waals surface area contributed by atoms with Crippen molar-refractivity contribution in [3.8, 4) is 33.6 Å². The quantitative estimate of drug-likeness (QED) is 0.633. The molecule has 29 heavy (non-hydrogen) atoms. The van der Waals surface area contributed by atoms with Crippen LogP contribution in [-0.2, 0) is 19.3 Å². The topological polar surface area (TPSA) is 99.5 Å². The van der Waals surface area contributed by atoms with Gasteiger partial charge in [0, 0.05) is 17.3 Å². The number of aryl methyl sites for hydroxylation is 1. The molecule has 7 nitrogen and oxygen atoms in total. The predicted octanol–water partition coefficient (Wildman–Crippen LogP) is 4.20. The van der Waals surface area contributed by atoms with Gasteiger partial charge in [-0.2, -0.15) is 5.10 Å². The minimum atomic E-state index is -0.433. The molecule has 0 fully saturated rings. The molecule has 0 radical (unpaired) electrons. The highest BCUT2D eigenvalue weighted by atomic mass is 32.1. The molecular formula is C21H21N3O4S. The van der Waals surface area contributed by atoms with Gasteiger partial charge in [0.2, 0.25) is 6.79 Å². The van der Waals surface area contributed by atoms with Crippen LogP contribution < -0.4 is 19.9 Å². The number of nitrogens with two attached hydrogens (primary N) is 1. The van der Waals surface area contributed by atoms with E-state index in [9.17, 15) is 4.79 Å². The lowest BCUT2D eigenvalue weighted by Gasteiger charge is -2.15. The molecule has 1 aliphatic carbocycles. The van der Waals surface area contributed by atoms with Crippen LogP contribution in [0.5, 0.6) is 22.3 Å². The summed E-state index contributed by atoms with van der Waals surface area (Å²) in [5.41, 5.74) is 10.7. The van der Waals surface area contributed by atoms with Crippen molar-refractivity contribution in [2.24, 2.45) is 5.73 Å². The van der Waals surface area contributed by atoms with Crippen LogP contribution >= 0.6 is 11.3 Å². The summed E-state index contributed by atoms with van der Waals surface area (Å²) in [6, 6.07) is 5.43. The summed E-state index contributed by atoms with van der Waals surface area (Å²) in [5, 5.41) is 8.42. The number of nitrogens with one attached hydrogen (secondary N) is 1. The zero-order valence-corrected chi connectivity index (χ0v) is 16.9. The number of aromatic nitrogens is 2. The van der Waals surface area contributed by atoms with Gasteiger partial charge in [-0.1, -0.05) is 24.7 Å². The summed E-state index contributed by atoms with van der Waals surface area (Å²) in [6.07, 6.45) is 4.80. The van der Waals surface area contributed by atoms with E-state index in [4.69, 9.17) is 19.9 Å². The van der Waals surface area contributed by atoms with E-state index in [1.54, 1.807) is 6.07 Å². The van der Waals surface area contributed by atoms with Gasteiger partial charge in [-0.05, 0) is 43.4 Å². The van der Waals surface area contributed by atoms with E-state index in [0.717, 1.165) is 48.9 Å². The smallest absolute Gasteiger partial charge is 0.259 e. The van der Waals surface area contributed by atoms with Gasteiger partial charge in [0.05, 0.1) is 10.4 Å². The Kier molecular flexibility index (Phi) is 4.43. The van der Waals surface area contributed by atoms with Crippen LogP contribution in [0.15, 0.2) is 18.2 Å². The first-order chi connectivity index (χ1) is 14.2. The van der Waals surface area contributed by atoms with E-state index in [0.29, 0.717) is 27.2 Å². The summed E-state index contributed by atoms with van der Waals surface area (Å²) in [7, 11) is 0. The minimum Gasteiger partial charge on any atom is -0.454 e. The van der Waals surface area contributed by atoms with Crippen molar-refractivity contribution >= 4 is 17.2 Å². The summed E-state index contributed by atoms with van der Waals surface area (Å²) in [6.45, 7) is 2.38. The SMILES string of the molecule is CCCCc1[nH]nc2c1CCc1c(C(N)=O)sc(Oc3ccc4c(c3)OCO4)c1-2. The number of hydrogen-bond acceptors (Lipinski definition) is 6. The Hall–Kier alpha value is -3.00. The van der Waals surface area contributed by atoms with Gasteiger partial charge in [0.15, 0.2) is 16.6 Å². The first-order valence-corrected chi connectivity index (χ1v) is 10.6. The standard InChI is InChI=1S/C21H21N3O4S/c1-2-3-4-14-12-6-7-13-17(18(12)24-23-14)21(29-19(13)20(22)25)28-11-5-8-15-16(9-11)27-10-26-15/h5,8-9H,2-4,6-7,10H2,1H3,(H2,22,25)(H,23,24). The third kappa shape index (κ3) is 3.04. The van der Waals surface area contributed by atoms with Crippen molar-refractivity contribution in [1.82, 2.24) is 10.2 Å². The third-order valence-corrected chi connectivity index (χ3v) is 6.47. The van der Waals surface area contributed by atoms with Crippen molar-refractivity contribution in [2.45, 2.75) is 39.0 Å². The molecule has 5 rings (SSSR count). The summed E-state index contributed by atoms with van der Waals surface area (Å²) in [4.78, 5) is 12.6. The van der Waals surface area contributed by atoms with Gasteiger partial charge < -0.3 is 19.9 Å². The normalized spacial score (nSPS) is 13.8. The number of ether oxygens (including phenoxy) is 3. The lowest BCUT2D eigenvalue weighted by molar-refractivity contribution is 0.100. The molecule has 150 valence electrons. The minimum absolute atomic E-state index is 0.205. The Balaban J connectivity index is 1.57. The molecule has 0 unspecified atom stereocenters. The number of rotatable bonds is 6. The van der Waals surface area contributed by atoms with Crippen LogP contribution in [-0.4, -0.2) is 22.9 Å². The molecule has 3 heterocycles. The van der Waals surface area contributed by atoms with Crippen molar-refractivity contribution < 1.29 is 19.0 Å². The number of carbonyl (C=O) groups excluding carboxylic acids is 1. The summed E-state index contributed by atoms with van der Waals surface area (Å²) < 4.78 is 17.0. The average Bonchev–Trinajstić information content (AvgIpc) is 3.42. The molecule has 3 aromatic rings. The Morgan fingerprint density at radius 1 is 1.28 bits per heavy atom. The first kappa shape index (κ1) is 18.1. The van der Waals surface area contributed by atoms with Crippen LogP contribution in [0.2, 0.25) is 0 Å². The largest absolute Gasteiger partial charge is 0.454 e. The van der Waals surface area contributed by atoms with E-state index >= 15 is 0 Å². The van der Waals surface area contributed by atoms with Gasteiger partial charge >= 0.3 is 0 Å². The zero-order chi connectivity index (χ0) is 20.0. The van der Waals surface area contributed by atoms with Crippen LogP contribution in [0.1, 0.15) is 46.3 Å². The highest BCUT2D eigenvalue weighted by Gasteiger charge is 2.32. The fraction of sp³-hybridized carbons (Fsp3) is 0.333. The predicted molar refractivity (Wildman–Crippen MR) is 109 cm³/mol. The van der Waals surface area contributed by atoms with Gasteiger partial charge in [-0.15, -0.1) is 0 Å². The molecule has 1 amide bonds. The van der Waals surface area contributed by atoms with Gasteiger partial charge in [0.1, 0.15) is 11.4 Å². The average molecular weight is 411 g/mol. The molecule has 3 N–H and O–H groups in total. The number of H-pyrrole nitrogens is 1. The molecule has 8 heteroatoms. The molecule has 2 aromatic heterocycles. The van der Waals surface area contributed by atoms with Crippen LogP contribution in [0.25, 0.3) is 11.3 Å². The van der Waals surface area contributed by atoms with Crippen molar-refractivity contribution in [3.05, 3.63) is 39.9 Å². The molecular weight excluding hydrogens is 390 g/mol. The number of nitrogens with zero attached hydrogens (tertiary/aromatic N) is 1. The van der Waals surface area contributed by atoms with Gasteiger partial charge in [0.25, 0.3) is 5.91 Å². The zero-order valence-electron chi connectivity index (χ0n) is 16.0. The number of hydrogen-bond donors (Lipinski definition) is 2. The first-order valence-electron chi connectivity index (χ1n) is 9.75. The highest BCUT2D eigenvalue weighted by molar-refractivity contribution is 7.16. The monoisotopic (exact) mass is 411 g/mol. The molecule has 0 atom stereocenters. The second-order valence-corrected chi connectivity index (χ2v) is 8.17. The van der Waals surface area contributed by atoms with Crippen molar-refractivity contribution in [3.63, 3.8) is 0 Å². The number of thiophene rings is 1. The maximum absolute atomic E-state index is 12.1. The lowest BCUT2D eigenvalue weighted by Crippen LogP contribution is -2.13. The van der Waals surface area contributed by atoms with E-state index in [1.165, 1.54) is 22.6 Å². The third-order valence-electron chi connectivity index (χ3n) is 5.35. The van der Waals surface area contributed by atoms with Crippen LogP contribution in [0, 0.1) is 0 Å². The Bertz CT molecular complexity index is 1100. The molecule has 1 aliphatic heterocycles. The molecule has 0 saturated carbocycles. The van der Waals surface area contributed by atoms with Gasteiger partial charge in [-0.25, -0.2) is 0 Å². The second kappa shape index (κ2) is 7.11. The van der Waals surface area contributed by atoms with E-state index in [1.807, 2.05) is 12.1 Å². The maximum atomic E-state index is 12.1. The Morgan fingerprint density at radius 2 is 2.10 bits per heavy atom. The second-order valence-electron chi connectivity index (χ2n) is 7.19. The molecule has 0 saturated heterocycles. The fourth-order valence-electron chi connectivity index (χ4n) is 3.93. The van der Waals surface area contributed by atoms with Crippen molar-refractivity contribution in [1.29, 1.82) is 0 Å². The number of unbranched alkanes of at least 4 members (excludes halogenated alkanes) is 1. The summed E-state index contributed by atoms with van der Waals surface area (Å²) in [5.74, 6) is 1.52. The number of carbonyl (C=O) groups is 1. The highest BCUT2D eigenvalue weighted by Crippen LogP contribution is 2.49. The number of amides is 1. The van der Waals surface area contributed by atoms with Crippen molar-refractivity contribution in [2.75, 3.05) is 6.79 Å². The number of aromatic amines is 1. The van der Waals surface area contributed by atoms with Gasteiger partial charge in [-0.3, -0.25) is 9.89 Å². The van der Waals surface area contributed by atoms with Crippen LogP contribution in [0.4, 0.5) is 0 Å². The van der Waals surface area contributed by atoms with E-state index in [2.05, 4.69) is 17.1 Å². The maximum Gasteiger partial charge on any atom is 0.259 e. The van der Waals surface area contributed by atoms with Crippen LogP contribution in [0.3, 0.4) is 0 Å². The molecule has 0 spiro atoms. The summed E-state index contributed by atoms with van der Waals surface area (Å²) >= 11 is 1.28. The Morgan fingerprint density at radius 3 is 2.93 bits per heavy atom. The van der Waals surface area contributed by atoms with E-state index < -0.39 is 5.91 Å². The Labute approximate surface area is 171 Å². The molecule has 2 aliphatic rings. The molecule has 1 aromatic carbocycles.